The van der Waals surface area contributed by atoms with Gasteiger partial charge in [0, 0.05) is 18.2 Å². The normalized spacial score (nSPS) is 18.3. The van der Waals surface area contributed by atoms with Crippen molar-refractivity contribution in [2.45, 2.75) is 31.7 Å². The van der Waals surface area contributed by atoms with Crippen molar-refractivity contribution in [2.75, 3.05) is 20.2 Å². The van der Waals surface area contributed by atoms with Gasteiger partial charge in [-0.25, -0.2) is 0 Å². The summed E-state index contributed by atoms with van der Waals surface area (Å²) in [5.41, 5.74) is 6.35. The lowest BCUT2D eigenvalue weighted by Crippen LogP contribution is -2.44. The molecular weight excluding hydrogens is 276 g/mol. The Morgan fingerprint density at radius 3 is 2.95 bits per heavy atom. The van der Waals surface area contributed by atoms with E-state index in [2.05, 4.69) is 0 Å². The molecule has 0 spiro atoms. The third-order valence-corrected chi connectivity index (χ3v) is 3.70. The number of likely N-dealkylation sites (tertiary alicyclic amines) is 1. The molecule has 1 aliphatic rings. The highest BCUT2D eigenvalue weighted by molar-refractivity contribution is 5.94. The number of carbonyl (C=O) groups is 1. The van der Waals surface area contributed by atoms with Crippen molar-refractivity contribution >= 4 is 18.3 Å². The molecule has 0 bridgehead atoms. The average Bonchev–Trinajstić information content (AvgIpc) is 2.47. The largest absolute Gasteiger partial charge is 0.497 e. The van der Waals surface area contributed by atoms with Gasteiger partial charge in [0.05, 0.1) is 7.11 Å². The Morgan fingerprint density at radius 1 is 1.45 bits per heavy atom. The van der Waals surface area contributed by atoms with Gasteiger partial charge in [-0.3, -0.25) is 4.79 Å². The van der Waals surface area contributed by atoms with E-state index in [9.17, 15) is 4.79 Å². The van der Waals surface area contributed by atoms with Crippen molar-refractivity contribution in [2.24, 2.45) is 5.73 Å². The fraction of sp³-hybridized carbons (Fsp3) is 0.533. The molecule has 1 fully saturated rings. The van der Waals surface area contributed by atoms with Crippen molar-refractivity contribution in [1.82, 2.24) is 4.90 Å². The summed E-state index contributed by atoms with van der Waals surface area (Å²) in [5, 5.41) is 0. The molecule has 0 aliphatic carbocycles. The van der Waals surface area contributed by atoms with Gasteiger partial charge in [0.25, 0.3) is 5.91 Å². The zero-order valence-electron chi connectivity index (χ0n) is 11.9. The number of benzene rings is 1. The van der Waals surface area contributed by atoms with Crippen LogP contribution in [0.25, 0.3) is 0 Å². The predicted octanol–water partition coefficient (Wildman–Crippen LogP) is 2.46. The molecule has 4 nitrogen and oxygen atoms in total. The van der Waals surface area contributed by atoms with E-state index in [1.165, 1.54) is 6.42 Å². The van der Waals surface area contributed by atoms with E-state index in [1.807, 2.05) is 23.1 Å². The highest BCUT2D eigenvalue weighted by Gasteiger charge is 2.26. The fourth-order valence-corrected chi connectivity index (χ4v) is 2.68. The summed E-state index contributed by atoms with van der Waals surface area (Å²) in [7, 11) is 1.61. The molecule has 0 radical (unpaired) electrons. The van der Waals surface area contributed by atoms with E-state index >= 15 is 0 Å². The first-order chi connectivity index (χ1) is 9.26. The second kappa shape index (κ2) is 8.12. The molecule has 5 heteroatoms. The van der Waals surface area contributed by atoms with Gasteiger partial charge in [0.15, 0.2) is 0 Å². The maximum absolute atomic E-state index is 12.6. The van der Waals surface area contributed by atoms with Crippen LogP contribution in [-0.2, 0) is 0 Å². The number of nitrogens with two attached hydrogens (primary N) is 1. The fourth-order valence-electron chi connectivity index (χ4n) is 2.68. The Morgan fingerprint density at radius 2 is 2.25 bits per heavy atom. The Kier molecular flexibility index (Phi) is 6.82. The standard InChI is InChI=1S/C15H22N2O2.ClH/c1-19-14-7-4-5-12(11-14)15(18)17-10-3-2-6-13(17)8-9-16;/h4-5,7,11,13H,2-3,6,8-10,16H2,1H3;1H. The Hall–Kier alpha value is -1.26. The second-order valence-electron chi connectivity index (χ2n) is 4.96. The van der Waals surface area contributed by atoms with Crippen LogP contribution < -0.4 is 10.5 Å². The van der Waals surface area contributed by atoms with Crippen molar-refractivity contribution in [1.29, 1.82) is 0 Å². The molecule has 1 heterocycles. The molecule has 1 aromatic rings. The zero-order valence-corrected chi connectivity index (χ0v) is 12.7. The first kappa shape index (κ1) is 16.8. The Balaban J connectivity index is 0.00000200. The van der Waals surface area contributed by atoms with E-state index in [0.29, 0.717) is 12.1 Å². The van der Waals surface area contributed by atoms with Crippen LogP contribution in [0.15, 0.2) is 24.3 Å². The van der Waals surface area contributed by atoms with Gasteiger partial charge in [-0.15, -0.1) is 12.4 Å². The number of hydrogen-bond acceptors (Lipinski definition) is 3. The molecule has 0 aromatic heterocycles. The van der Waals surface area contributed by atoms with Crippen LogP contribution in [0.4, 0.5) is 0 Å². The molecule has 112 valence electrons. The Labute approximate surface area is 126 Å². The van der Waals surface area contributed by atoms with Crippen molar-refractivity contribution < 1.29 is 9.53 Å². The van der Waals surface area contributed by atoms with Crippen LogP contribution in [0, 0.1) is 0 Å². The Bertz CT molecular complexity index is 438. The van der Waals surface area contributed by atoms with Crippen LogP contribution in [0.1, 0.15) is 36.0 Å². The molecule has 1 aromatic carbocycles. The number of methoxy groups -OCH3 is 1. The molecule has 0 saturated carbocycles. The van der Waals surface area contributed by atoms with Crippen LogP contribution >= 0.6 is 12.4 Å². The number of amides is 1. The smallest absolute Gasteiger partial charge is 0.254 e. The van der Waals surface area contributed by atoms with Crippen molar-refractivity contribution in [3.05, 3.63) is 29.8 Å². The second-order valence-corrected chi connectivity index (χ2v) is 4.96. The minimum absolute atomic E-state index is 0. The number of rotatable bonds is 4. The number of halogens is 1. The van der Waals surface area contributed by atoms with E-state index in [4.69, 9.17) is 10.5 Å². The van der Waals surface area contributed by atoms with Crippen LogP contribution in [-0.4, -0.2) is 37.0 Å². The van der Waals surface area contributed by atoms with Gasteiger partial charge < -0.3 is 15.4 Å². The first-order valence-electron chi connectivity index (χ1n) is 6.91. The maximum atomic E-state index is 12.6. The SMILES string of the molecule is COc1cccc(C(=O)N2CCCCC2CCN)c1.Cl. The third-order valence-electron chi connectivity index (χ3n) is 3.70. The zero-order chi connectivity index (χ0) is 13.7. The molecule has 20 heavy (non-hydrogen) atoms. The van der Waals surface area contributed by atoms with Crippen LogP contribution in [0.2, 0.25) is 0 Å². The first-order valence-corrected chi connectivity index (χ1v) is 6.91. The molecule has 2 rings (SSSR count). The molecular formula is C15H23ClN2O2. The lowest BCUT2D eigenvalue weighted by molar-refractivity contribution is 0.0604. The molecule has 1 unspecified atom stereocenters. The van der Waals surface area contributed by atoms with Gasteiger partial charge in [-0.2, -0.15) is 0 Å². The van der Waals surface area contributed by atoms with Crippen molar-refractivity contribution in [3.63, 3.8) is 0 Å². The van der Waals surface area contributed by atoms with Gasteiger partial charge in [0.2, 0.25) is 0 Å². The van der Waals surface area contributed by atoms with Gasteiger partial charge >= 0.3 is 0 Å². The van der Waals surface area contributed by atoms with Crippen molar-refractivity contribution in [3.8, 4) is 5.75 Å². The summed E-state index contributed by atoms with van der Waals surface area (Å²) >= 11 is 0. The van der Waals surface area contributed by atoms with E-state index < -0.39 is 0 Å². The highest BCUT2D eigenvalue weighted by atomic mass is 35.5. The summed E-state index contributed by atoms with van der Waals surface area (Å²) in [6.45, 7) is 1.47. The molecule has 1 aliphatic heterocycles. The van der Waals surface area contributed by atoms with Crippen LogP contribution in [0.5, 0.6) is 5.75 Å². The van der Waals surface area contributed by atoms with E-state index in [-0.39, 0.29) is 24.4 Å². The summed E-state index contributed by atoms with van der Waals surface area (Å²) in [5.74, 6) is 0.815. The van der Waals surface area contributed by atoms with Gasteiger partial charge in [-0.1, -0.05) is 6.07 Å². The topological polar surface area (TPSA) is 55.6 Å². The minimum atomic E-state index is 0. The van der Waals surface area contributed by atoms with Crippen LogP contribution in [0.3, 0.4) is 0 Å². The minimum Gasteiger partial charge on any atom is -0.497 e. The average molecular weight is 299 g/mol. The number of hydrogen-bond donors (Lipinski definition) is 1. The summed E-state index contributed by atoms with van der Waals surface area (Å²) in [6, 6.07) is 7.64. The highest BCUT2D eigenvalue weighted by Crippen LogP contribution is 2.23. The third kappa shape index (κ3) is 3.87. The summed E-state index contributed by atoms with van der Waals surface area (Å²) in [6.07, 6.45) is 4.21. The lowest BCUT2D eigenvalue weighted by atomic mass is 9.98. The van der Waals surface area contributed by atoms with Gasteiger partial charge in [-0.05, 0) is 50.4 Å². The maximum Gasteiger partial charge on any atom is 0.254 e. The summed E-state index contributed by atoms with van der Waals surface area (Å²) < 4.78 is 5.18. The number of nitrogens with zero attached hydrogens (tertiary/aromatic N) is 1. The van der Waals surface area contributed by atoms with E-state index in [0.717, 1.165) is 31.6 Å². The number of carbonyl (C=O) groups excluding carboxylic acids is 1. The molecule has 2 N–H and O–H groups in total. The summed E-state index contributed by atoms with van der Waals surface area (Å²) in [4.78, 5) is 14.6. The molecule has 1 saturated heterocycles. The monoisotopic (exact) mass is 298 g/mol. The lowest BCUT2D eigenvalue weighted by Gasteiger charge is -2.35. The molecule has 1 atom stereocenters. The quantitative estimate of drug-likeness (QED) is 0.929. The number of ether oxygens (including phenoxy) is 1. The predicted molar refractivity (Wildman–Crippen MR) is 82.6 cm³/mol. The molecule has 1 amide bonds. The number of piperidine rings is 1. The van der Waals surface area contributed by atoms with Gasteiger partial charge in [0.1, 0.15) is 5.75 Å². The van der Waals surface area contributed by atoms with E-state index in [1.54, 1.807) is 13.2 Å².